The van der Waals surface area contributed by atoms with Crippen molar-refractivity contribution in [1.82, 2.24) is 0 Å². The Bertz CT molecular complexity index is 419. The van der Waals surface area contributed by atoms with Crippen LogP contribution < -0.4 is 0 Å². The van der Waals surface area contributed by atoms with Gasteiger partial charge in [-0.05, 0) is 38.5 Å². The van der Waals surface area contributed by atoms with Crippen LogP contribution in [0.1, 0.15) is 51.9 Å². The summed E-state index contributed by atoms with van der Waals surface area (Å²) in [6.45, 7) is 2.03. The van der Waals surface area contributed by atoms with Gasteiger partial charge in [0.1, 0.15) is 6.10 Å². The molecular formula is C18H27ClO3. The first-order valence-electron chi connectivity index (χ1n) is 8.46. The second-order valence-corrected chi connectivity index (χ2v) is 6.86. The molecule has 2 rings (SSSR count). The highest BCUT2D eigenvalue weighted by Gasteiger charge is 2.44. The number of halogens is 1. The highest BCUT2D eigenvalue weighted by atomic mass is 35.5. The molecule has 0 bridgehead atoms. The van der Waals surface area contributed by atoms with Gasteiger partial charge in [-0.1, -0.05) is 31.2 Å². The quantitative estimate of drug-likeness (QED) is 0.450. The molecule has 0 aromatic carbocycles. The van der Waals surface area contributed by atoms with E-state index in [-0.39, 0.29) is 29.3 Å². The van der Waals surface area contributed by atoms with Gasteiger partial charge in [0.25, 0.3) is 0 Å². The number of carbonyl (C=O) groups excluding carboxylic acids is 1. The molecule has 2 aliphatic rings. The molecule has 3 nitrogen and oxygen atoms in total. The Morgan fingerprint density at radius 1 is 1.32 bits per heavy atom. The Kier molecular flexibility index (Phi) is 6.97. The Labute approximate surface area is 138 Å². The molecule has 1 aliphatic heterocycles. The summed E-state index contributed by atoms with van der Waals surface area (Å²) in [5, 5.41) is 10.1. The lowest BCUT2D eigenvalue weighted by Gasteiger charge is -2.27. The summed E-state index contributed by atoms with van der Waals surface area (Å²) < 4.78 is 5.69. The van der Waals surface area contributed by atoms with E-state index in [4.69, 9.17) is 16.3 Å². The number of alkyl halides is 1. The van der Waals surface area contributed by atoms with Crippen LogP contribution in [-0.4, -0.2) is 28.7 Å². The van der Waals surface area contributed by atoms with Crippen LogP contribution in [0, 0.1) is 11.8 Å². The normalized spacial score (nSPS) is 40.3. The van der Waals surface area contributed by atoms with E-state index >= 15 is 0 Å². The maximum atomic E-state index is 12.0. The van der Waals surface area contributed by atoms with Crippen LogP contribution in [0.3, 0.4) is 0 Å². The summed E-state index contributed by atoms with van der Waals surface area (Å²) in [4.78, 5) is 12.0. The fourth-order valence-corrected chi connectivity index (χ4v) is 3.84. The van der Waals surface area contributed by atoms with Crippen LogP contribution in [0.25, 0.3) is 0 Å². The van der Waals surface area contributed by atoms with Gasteiger partial charge in [0.15, 0.2) is 0 Å². The zero-order valence-corrected chi connectivity index (χ0v) is 14.0. The SMILES string of the molecule is CC[C@@H]1OC(=O)CCCC/C=C\C/C=C\[C@H]2[C@@H](O)[C@H](Cl)C[C@H]21. The third-order valence-electron chi connectivity index (χ3n) is 4.72. The van der Waals surface area contributed by atoms with Crippen molar-refractivity contribution in [3.05, 3.63) is 24.3 Å². The number of esters is 1. The van der Waals surface area contributed by atoms with Gasteiger partial charge in [-0.25, -0.2) is 0 Å². The molecule has 4 heteroatoms. The smallest absolute Gasteiger partial charge is 0.306 e. The lowest BCUT2D eigenvalue weighted by Crippen LogP contribution is -2.31. The zero-order chi connectivity index (χ0) is 15.9. The van der Waals surface area contributed by atoms with Gasteiger partial charge in [-0.15, -0.1) is 11.6 Å². The molecule has 124 valence electrons. The van der Waals surface area contributed by atoms with E-state index in [1.54, 1.807) is 0 Å². The maximum Gasteiger partial charge on any atom is 0.306 e. The van der Waals surface area contributed by atoms with Crippen LogP contribution in [0.4, 0.5) is 0 Å². The summed E-state index contributed by atoms with van der Waals surface area (Å²) >= 11 is 6.26. The maximum absolute atomic E-state index is 12.0. The van der Waals surface area contributed by atoms with E-state index in [1.165, 1.54) is 0 Å². The third kappa shape index (κ3) is 4.60. The average Bonchev–Trinajstić information content (AvgIpc) is 2.78. The molecule has 0 amide bonds. The monoisotopic (exact) mass is 326 g/mol. The minimum atomic E-state index is -0.562. The molecule has 5 atom stereocenters. The van der Waals surface area contributed by atoms with E-state index in [0.29, 0.717) is 12.8 Å². The molecule has 0 radical (unpaired) electrons. The predicted octanol–water partition coefficient (Wildman–Crippen LogP) is 3.99. The molecule has 1 saturated carbocycles. The van der Waals surface area contributed by atoms with Crippen molar-refractivity contribution < 1.29 is 14.6 Å². The Hall–Kier alpha value is -0.800. The summed E-state index contributed by atoms with van der Waals surface area (Å²) in [5.41, 5.74) is 0. The number of ether oxygens (including phenoxy) is 1. The first-order chi connectivity index (χ1) is 10.6. The van der Waals surface area contributed by atoms with Crippen LogP contribution in [0.15, 0.2) is 24.3 Å². The Balaban J connectivity index is 2.16. The summed E-state index contributed by atoms with van der Waals surface area (Å²) in [5.74, 6) is -0.0469. The van der Waals surface area contributed by atoms with Gasteiger partial charge in [0.2, 0.25) is 0 Å². The number of rotatable bonds is 1. The topological polar surface area (TPSA) is 46.5 Å². The fraction of sp³-hybridized carbons (Fsp3) is 0.722. The van der Waals surface area contributed by atoms with Gasteiger partial charge in [-0.2, -0.15) is 0 Å². The summed E-state index contributed by atoms with van der Waals surface area (Å²) in [6.07, 6.45) is 13.4. The molecule has 0 unspecified atom stereocenters. The predicted molar refractivity (Wildman–Crippen MR) is 88.8 cm³/mol. The number of allylic oxidation sites excluding steroid dienone is 3. The molecule has 0 aromatic rings. The fourth-order valence-electron chi connectivity index (χ4n) is 3.47. The van der Waals surface area contributed by atoms with Crippen molar-refractivity contribution >= 4 is 17.6 Å². The van der Waals surface area contributed by atoms with E-state index in [2.05, 4.69) is 24.3 Å². The number of hydrogen-bond acceptors (Lipinski definition) is 3. The van der Waals surface area contributed by atoms with Crippen molar-refractivity contribution in [2.75, 3.05) is 0 Å². The van der Waals surface area contributed by atoms with E-state index < -0.39 is 6.10 Å². The van der Waals surface area contributed by atoms with Crippen molar-refractivity contribution in [1.29, 1.82) is 0 Å². The summed E-state index contributed by atoms with van der Waals surface area (Å²) in [7, 11) is 0. The number of cyclic esters (lactones) is 1. The molecule has 1 heterocycles. The van der Waals surface area contributed by atoms with E-state index in [9.17, 15) is 9.90 Å². The lowest BCUT2D eigenvalue weighted by atomic mass is 9.88. The molecule has 0 spiro atoms. The average molecular weight is 327 g/mol. The minimum absolute atomic E-state index is 0.0309. The molecule has 22 heavy (non-hydrogen) atoms. The molecule has 1 N–H and O–H groups in total. The van der Waals surface area contributed by atoms with Gasteiger partial charge >= 0.3 is 5.97 Å². The highest BCUT2D eigenvalue weighted by Crippen LogP contribution is 2.40. The molecule has 0 saturated heterocycles. The second-order valence-electron chi connectivity index (χ2n) is 6.30. The number of aliphatic hydroxyl groups is 1. The number of carbonyl (C=O) groups is 1. The zero-order valence-electron chi connectivity index (χ0n) is 13.3. The van der Waals surface area contributed by atoms with Crippen molar-refractivity contribution in [2.24, 2.45) is 11.8 Å². The van der Waals surface area contributed by atoms with E-state index in [1.807, 2.05) is 6.92 Å². The van der Waals surface area contributed by atoms with Crippen molar-refractivity contribution in [3.8, 4) is 0 Å². The number of aliphatic hydroxyl groups excluding tert-OH is 1. The highest BCUT2D eigenvalue weighted by molar-refractivity contribution is 6.21. The molecular weight excluding hydrogens is 300 g/mol. The van der Waals surface area contributed by atoms with E-state index in [0.717, 1.165) is 32.1 Å². The summed E-state index contributed by atoms with van der Waals surface area (Å²) in [6, 6.07) is 0. The van der Waals surface area contributed by atoms with Gasteiger partial charge in [0.05, 0.1) is 11.5 Å². The van der Waals surface area contributed by atoms with Crippen LogP contribution >= 0.6 is 11.6 Å². The van der Waals surface area contributed by atoms with Crippen LogP contribution in [-0.2, 0) is 9.53 Å². The number of fused-ring (bicyclic) bond motifs is 1. The third-order valence-corrected chi connectivity index (χ3v) is 5.15. The molecule has 0 aromatic heterocycles. The van der Waals surface area contributed by atoms with Crippen LogP contribution in [0.2, 0.25) is 0 Å². The van der Waals surface area contributed by atoms with Gasteiger partial charge in [0, 0.05) is 18.3 Å². The van der Waals surface area contributed by atoms with Crippen molar-refractivity contribution in [3.63, 3.8) is 0 Å². The number of hydrogen-bond donors (Lipinski definition) is 1. The molecule has 1 aliphatic carbocycles. The van der Waals surface area contributed by atoms with Crippen molar-refractivity contribution in [2.45, 2.75) is 69.5 Å². The molecule has 1 fully saturated rings. The standard InChI is InChI=1S/C18H27ClO3/c1-2-16-14-12-15(19)18(21)13(14)10-8-6-4-3-5-7-9-11-17(20)22-16/h3-4,8,10,13-16,18,21H,2,5-7,9,11-12H2,1H3/b4-3-,10-8-/t13-,14-,15-,16+,18-/m1/s1. The second kappa shape index (κ2) is 8.73. The lowest BCUT2D eigenvalue weighted by molar-refractivity contribution is -0.153. The largest absolute Gasteiger partial charge is 0.462 e. The Morgan fingerprint density at radius 3 is 2.91 bits per heavy atom. The first kappa shape index (κ1) is 17.6. The van der Waals surface area contributed by atoms with Gasteiger partial charge < -0.3 is 9.84 Å². The minimum Gasteiger partial charge on any atom is -0.462 e. The Morgan fingerprint density at radius 2 is 2.14 bits per heavy atom. The van der Waals surface area contributed by atoms with Gasteiger partial charge in [-0.3, -0.25) is 4.79 Å². The van der Waals surface area contributed by atoms with Crippen LogP contribution in [0.5, 0.6) is 0 Å². The first-order valence-corrected chi connectivity index (χ1v) is 8.90.